The predicted octanol–water partition coefficient (Wildman–Crippen LogP) is 1.79. The van der Waals surface area contributed by atoms with Crippen LogP contribution in [0.15, 0.2) is 0 Å². The van der Waals surface area contributed by atoms with Crippen molar-refractivity contribution in [3.05, 3.63) is 0 Å². The molecule has 2 aliphatic rings. The Hall–Kier alpha value is -0.120. The second-order valence-electron chi connectivity index (χ2n) is 6.43. The molecule has 3 heteroatoms. The van der Waals surface area contributed by atoms with Crippen molar-refractivity contribution in [3.63, 3.8) is 0 Å². The summed E-state index contributed by atoms with van der Waals surface area (Å²) < 4.78 is 0. The zero-order valence-electron chi connectivity index (χ0n) is 12.3. The smallest absolute Gasteiger partial charge is 0.0223 e. The molecule has 2 saturated heterocycles. The normalized spacial score (nSPS) is 27.8. The molecule has 2 heterocycles. The van der Waals surface area contributed by atoms with Crippen LogP contribution in [0.3, 0.4) is 0 Å². The lowest BCUT2D eigenvalue weighted by molar-refractivity contribution is 0.162. The number of likely N-dealkylation sites (tertiary alicyclic amines) is 1. The van der Waals surface area contributed by atoms with Gasteiger partial charge in [-0.15, -0.1) is 0 Å². The maximum Gasteiger partial charge on any atom is 0.0223 e. The zero-order valence-corrected chi connectivity index (χ0v) is 12.3. The molecule has 1 N–H and O–H groups in total. The first-order chi connectivity index (χ1) is 8.75. The molecular weight excluding hydrogens is 222 g/mol. The topological polar surface area (TPSA) is 18.5 Å². The highest BCUT2D eigenvalue weighted by Crippen LogP contribution is 2.14. The van der Waals surface area contributed by atoms with E-state index in [2.05, 4.69) is 29.0 Å². The third-order valence-electron chi connectivity index (χ3n) is 4.34. The van der Waals surface area contributed by atoms with Crippen LogP contribution in [0.4, 0.5) is 0 Å². The molecule has 2 aliphatic heterocycles. The number of nitrogens with one attached hydrogen (secondary N) is 1. The van der Waals surface area contributed by atoms with Crippen LogP contribution in [-0.2, 0) is 0 Å². The molecule has 18 heavy (non-hydrogen) atoms. The van der Waals surface area contributed by atoms with Crippen molar-refractivity contribution in [2.24, 2.45) is 5.92 Å². The molecule has 0 spiro atoms. The fourth-order valence-corrected chi connectivity index (χ4v) is 3.33. The summed E-state index contributed by atoms with van der Waals surface area (Å²) >= 11 is 0. The van der Waals surface area contributed by atoms with Crippen molar-refractivity contribution in [1.82, 2.24) is 15.1 Å². The summed E-state index contributed by atoms with van der Waals surface area (Å²) in [6, 6.07) is 0.759. The number of nitrogens with zero attached hydrogens (tertiary/aromatic N) is 2. The first-order valence-corrected chi connectivity index (χ1v) is 7.93. The molecule has 0 amide bonds. The highest BCUT2D eigenvalue weighted by atomic mass is 15.2. The molecule has 2 rings (SSSR count). The van der Waals surface area contributed by atoms with Crippen LogP contribution in [0.5, 0.6) is 0 Å². The van der Waals surface area contributed by atoms with Crippen LogP contribution in [-0.4, -0.2) is 61.7 Å². The van der Waals surface area contributed by atoms with Crippen LogP contribution in [0.25, 0.3) is 0 Å². The van der Waals surface area contributed by atoms with Crippen molar-refractivity contribution in [3.8, 4) is 0 Å². The fraction of sp³-hybridized carbons (Fsp3) is 1.00. The summed E-state index contributed by atoms with van der Waals surface area (Å²) in [5.41, 5.74) is 0. The van der Waals surface area contributed by atoms with E-state index >= 15 is 0 Å². The SMILES string of the molecule is CC(C)CC1CNCCCN1CCN1CCCC1. The Morgan fingerprint density at radius 2 is 1.83 bits per heavy atom. The third-order valence-corrected chi connectivity index (χ3v) is 4.34. The lowest BCUT2D eigenvalue weighted by Crippen LogP contribution is -2.44. The van der Waals surface area contributed by atoms with Crippen LogP contribution in [0.1, 0.15) is 39.5 Å². The Morgan fingerprint density at radius 3 is 2.56 bits per heavy atom. The molecule has 0 aliphatic carbocycles. The average molecular weight is 253 g/mol. The first kappa shape index (κ1) is 14.3. The van der Waals surface area contributed by atoms with Gasteiger partial charge in [-0.1, -0.05) is 13.8 Å². The van der Waals surface area contributed by atoms with Crippen molar-refractivity contribution in [2.75, 3.05) is 45.8 Å². The van der Waals surface area contributed by atoms with Gasteiger partial charge >= 0.3 is 0 Å². The van der Waals surface area contributed by atoms with Crippen molar-refractivity contribution < 1.29 is 0 Å². The Morgan fingerprint density at radius 1 is 1.06 bits per heavy atom. The highest BCUT2D eigenvalue weighted by Gasteiger charge is 2.22. The van der Waals surface area contributed by atoms with Crippen LogP contribution < -0.4 is 5.32 Å². The monoisotopic (exact) mass is 253 g/mol. The van der Waals surface area contributed by atoms with Gasteiger partial charge in [0.2, 0.25) is 0 Å². The molecule has 1 atom stereocenters. The minimum Gasteiger partial charge on any atom is -0.315 e. The van der Waals surface area contributed by atoms with Gasteiger partial charge in [-0.05, 0) is 57.8 Å². The molecule has 3 nitrogen and oxygen atoms in total. The van der Waals surface area contributed by atoms with E-state index in [4.69, 9.17) is 0 Å². The molecule has 0 saturated carbocycles. The van der Waals surface area contributed by atoms with E-state index in [1.807, 2.05) is 0 Å². The van der Waals surface area contributed by atoms with Gasteiger partial charge in [0.15, 0.2) is 0 Å². The fourth-order valence-electron chi connectivity index (χ4n) is 3.33. The molecular formula is C15H31N3. The Bertz CT molecular complexity index is 224. The largest absolute Gasteiger partial charge is 0.315 e. The molecule has 0 aromatic rings. The molecule has 0 radical (unpaired) electrons. The van der Waals surface area contributed by atoms with E-state index < -0.39 is 0 Å². The predicted molar refractivity (Wildman–Crippen MR) is 78.0 cm³/mol. The lowest BCUT2D eigenvalue weighted by atomic mass is 10.0. The number of hydrogen-bond donors (Lipinski definition) is 1. The molecule has 0 aromatic carbocycles. The van der Waals surface area contributed by atoms with Gasteiger partial charge < -0.3 is 10.2 Å². The van der Waals surface area contributed by atoms with Crippen LogP contribution in [0, 0.1) is 5.92 Å². The van der Waals surface area contributed by atoms with E-state index in [9.17, 15) is 0 Å². The van der Waals surface area contributed by atoms with E-state index in [0.717, 1.165) is 12.0 Å². The van der Waals surface area contributed by atoms with Crippen molar-refractivity contribution >= 4 is 0 Å². The molecule has 0 aromatic heterocycles. The summed E-state index contributed by atoms with van der Waals surface area (Å²) in [5.74, 6) is 0.809. The summed E-state index contributed by atoms with van der Waals surface area (Å²) in [4.78, 5) is 5.39. The second kappa shape index (κ2) is 7.46. The van der Waals surface area contributed by atoms with Crippen molar-refractivity contribution in [2.45, 2.75) is 45.6 Å². The van der Waals surface area contributed by atoms with Gasteiger partial charge in [-0.3, -0.25) is 4.90 Å². The summed E-state index contributed by atoms with van der Waals surface area (Å²) in [7, 11) is 0. The molecule has 2 fully saturated rings. The summed E-state index contributed by atoms with van der Waals surface area (Å²) in [6.45, 7) is 13.6. The standard InChI is InChI=1S/C15H31N3/c1-14(2)12-15-13-16-6-5-9-18(15)11-10-17-7-3-4-8-17/h14-16H,3-13H2,1-2H3. The maximum absolute atomic E-state index is 3.61. The van der Waals surface area contributed by atoms with Crippen molar-refractivity contribution in [1.29, 1.82) is 0 Å². The summed E-state index contributed by atoms with van der Waals surface area (Å²) in [6.07, 6.45) is 5.48. The van der Waals surface area contributed by atoms with Crippen LogP contribution >= 0.6 is 0 Å². The first-order valence-electron chi connectivity index (χ1n) is 7.93. The average Bonchev–Trinajstić information content (AvgIpc) is 2.75. The minimum absolute atomic E-state index is 0.759. The molecule has 0 bridgehead atoms. The van der Waals surface area contributed by atoms with E-state index in [1.54, 1.807) is 0 Å². The van der Waals surface area contributed by atoms with E-state index in [1.165, 1.54) is 71.5 Å². The van der Waals surface area contributed by atoms with Gasteiger partial charge in [0.1, 0.15) is 0 Å². The lowest BCUT2D eigenvalue weighted by Gasteiger charge is -2.32. The Balaban J connectivity index is 1.80. The quantitative estimate of drug-likeness (QED) is 0.806. The minimum atomic E-state index is 0.759. The van der Waals surface area contributed by atoms with Gasteiger partial charge in [0, 0.05) is 25.7 Å². The van der Waals surface area contributed by atoms with E-state index in [0.29, 0.717) is 0 Å². The van der Waals surface area contributed by atoms with Gasteiger partial charge in [0.05, 0.1) is 0 Å². The summed E-state index contributed by atoms with van der Waals surface area (Å²) in [5, 5.41) is 3.61. The Labute approximate surface area is 113 Å². The molecule has 1 unspecified atom stereocenters. The van der Waals surface area contributed by atoms with Crippen LogP contribution in [0.2, 0.25) is 0 Å². The van der Waals surface area contributed by atoms with Gasteiger partial charge in [-0.2, -0.15) is 0 Å². The zero-order chi connectivity index (χ0) is 12.8. The molecule has 106 valence electrons. The second-order valence-corrected chi connectivity index (χ2v) is 6.43. The number of rotatable bonds is 5. The Kier molecular flexibility index (Phi) is 5.93. The number of hydrogen-bond acceptors (Lipinski definition) is 3. The highest BCUT2D eigenvalue weighted by molar-refractivity contribution is 4.80. The third kappa shape index (κ3) is 4.52. The van der Waals surface area contributed by atoms with Gasteiger partial charge in [-0.25, -0.2) is 0 Å². The van der Waals surface area contributed by atoms with Gasteiger partial charge in [0.25, 0.3) is 0 Å². The maximum atomic E-state index is 3.61. The van der Waals surface area contributed by atoms with E-state index in [-0.39, 0.29) is 0 Å².